The Labute approximate surface area is 190 Å². The van der Waals surface area contributed by atoms with Crippen molar-refractivity contribution in [3.05, 3.63) is 101 Å². The van der Waals surface area contributed by atoms with Crippen molar-refractivity contribution in [3.63, 3.8) is 0 Å². The zero-order valence-electron chi connectivity index (χ0n) is 17.9. The molecule has 0 aliphatic heterocycles. The molecule has 3 aromatic rings. The maximum atomic E-state index is 13.0. The molecule has 0 heterocycles. The summed E-state index contributed by atoms with van der Waals surface area (Å²) in [4.78, 5) is 24.5. The number of carbonyl (C=O) groups excluding carboxylic acids is 2. The molecule has 0 fully saturated rings. The van der Waals surface area contributed by atoms with Crippen LogP contribution in [0.25, 0.3) is 0 Å². The number of benzene rings is 3. The molecule has 1 aliphatic rings. The van der Waals surface area contributed by atoms with Gasteiger partial charge in [-0.15, -0.1) is 0 Å². The number of nitrogens with one attached hydrogen (secondary N) is 1. The fourth-order valence-electron chi connectivity index (χ4n) is 3.64. The predicted octanol–water partition coefficient (Wildman–Crippen LogP) is 4.63. The topological polar surface area (TPSA) is 126 Å². The molecule has 8 nitrogen and oxygen atoms in total. The number of rotatable bonds is 6. The van der Waals surface area contributed by atoms with Crippen molar-refractivity contribution >= 4 is 23.2 Å². The molecular formula is C25H22N4O4. The van der Waals surface area contributed by atoms with Crippen LogP contribution in [0.1, 0.15) is 27.5 Å². The van der Waals surface area contributed by atoms with E-state index in [1.807, 2.05) is 42.5 Å². The van der Waals surface area contributed by atoms with E-state index in [0.29, 0.717) is 11.4 Å². The summed E-state index contributed by atoms with van der Waals surface area (Å²) in [7, 11) is 1.47. The quantitative estimate of drug-likeness (QED) is 0.481. The summed E-state index contributed by atoms with van der Waals surface area (Å²) < 4.78 is 5.30. The van der Waals surface area contributed by atoms with Crippen LogP contribution < -0.4 is 15.8 Å². The minimum atomic E-state index is -0.895. The number of carbonyl (C=O) groups is 2. The molecule has 0 saturated heterocycles. The zero-order chi connectivity index (χ0) is 23.4. The van der Waals surface area contributed by atoms with Crippen molar-refractivity contribution in [2.45, 2.75) is 12.5 Å². The Kier molecular flexibility index (Phi) is 6.17. The van der Waals surface area contributed by atoms with E-state index in [2.05, 4.69) is 15.5 Å². The summed E-state index contributed by atoms with van der Waals surface area (Å²) >= 11 is 0. The standard InChI is InChI=1S/C25H22N4O4/c1-33-21-12-11-16(24(26)31)14-20(21)28-29-22-18-10-6-5-7-15(18)13-19(23(22)30)25(32)27-17-8-3-2-4-9-17/h2-12,14,22,30H,13H2,1H3,(H2,26,31)(H,27,32). The van der Waals surface area contributed by atoms with Gasteiger partial charge >= 0.3 is 0 Å². The molecule has 166 valence electrons. The zero-order valence-corrected chi connectivity index (χ0v) is 17.9. The number of anilines is 1. The van der Waals surface area contributed by atoms with Gasteiger partial charge in [-0.3, -0.25) is 9.59 Å². The van der Waals surface area contributed by atoms with Gasteiger partial charge in [0.2, 0.25) is 5.91 Å². The molecule has 1 unspecified atom stereocenters. The van der Waals surface area contributed by atoms with Crippen LogP contribution in [0.15, 0.2) is 94.4 Å². The van der Waals surface area contributed by atoms with Crippen molar-refractivity contribution in [1.29, 1.82) is 0 Å². The first-order valence-electron chi connectivity index (χ1n) is 10.2. The highest BCUT2D eigenvalue weighted by Crippen LogP contribution is 2.38. The van der Waals surface area contributed by atoms with Crippen molar-refractivity contribution in [1.82, 2.24) is 0 Å². The van der Waals surface area contributed by atoms with E-state index >= 15 is 0 Å². The van der Waals surface area contributed by atoms with Crippen LogP contribution in [-0.2, 0) is 11.2 Å². The van der Waals surface area contributed by atoms with E-state index in [1.165, 1.54) is 19.2 Å². The number of hydrogen-bond donors (Lipinski definition) is 3. The number of aliphatic hydroxyl groups is 1. The highest BCUT2D eigenvalue weighted by molar-refractivity contribution is 6.04. The second-order valence-corrected chi connectivity index (χ2v) is 7.43. The molecule has 1 atom stereocenters. The van der Waals surface area contributed by atoms with Gasteiger partial charge in [-0.1, -0.05) is 42.5 Å². The Hall–Kier alpha value is -4.46. The van der Waals surface area contributed by atoms with Gasteiger partial charge in [-0.25, -0.2) is 0 Å². The summed E-state index contributed by atoms with van der Waals surface area (Å²) in [5.74, 6) is -0.823. The number of aliphatic hydroxyl groups excluding tert-OH is 1. The lowest BCUT2D eigenvalue weighted by Gasteiger charge is -2.24. The van der Waals surface area contributed by atoms with E-state index in [0.717, 1.165) is 11.1 Å². The van der Waals surface area contributed by atoms with E-state index < -0.39 is 17.9 Å². The van der Waals surface area contributed by atoms with Crippen LogP contribution in [-0.4, -0.2) is 24.0 Å². The molecule has 1 aliphatic carbocycles. The summed E-state index contributed by atoms with van der Waals surface area (Å²) in [6.07, 6.45) is 0.257. The summed E-state index contributed by atoms with van der Waals surface area (Å²) in [5.41, 5.74) is 8.31. The van der Waals surface area contributed by atoms with E-state index in [-0.39, 0.29) is 29.0 Å². The number of para-hydroxylation sites is 1. The van der Waals surface area contributed by atoms with Crippen LogP contribution in [0.4, 0.5) is 11.4 Å². The summed E-state index contributed by atoms with van der Waals surface area (Å²) in [6, 6.07) is 20.1. The van der Waals surface area contributed by atoms with Crippen molar-refractivity contribution in [2.24, 2.45) is 16.0 Å². The normalized spacial score (nSPS) is 15.2. The van der Waals surface area contributed by atoms with Crippen LogP contribution in [0.5, 0.6) is 5.75 Å². The summed E-state index contributed by atoms with van der Waals surface area (Å²) in [6.45, 7) is 0. The van der Waals surface area contributed by atoms with Gasteiger partial charge in [0.15, 0.2) is 6.04 Å². The number of amides is 2. The number of primary amides is 1. The number of nitrogens with zero attached hydrogens (tertiary/aromatic N) is 2. The number of azo groups is 1. The third kappa shape index (κ3) is 4.59. The largest absolute Gasteiger partial charge is 0.509 e. The molecule has 0 radical (unpaired) electrons. The van der Waals surface area contributed by atoms with Gasteiger partial charge in [0.1, 0.15) is 17.2 Å². The molecule has 3 aromatic carbocycles. The molecule has 0 spiro atoms. The van der Waals surface area contributed by atoms with Crippen molar-refractivity contribution < 1.29 is 19.4 Å². The molecule has 0 aromatic heterocycles. The smallest absolute Gasteiger partial charge is 0.255 e. The predicted molar refractivity (Wildman–Crippen MR) is 124 cm³/mol. The number of methoxy groups -OCH3 is 1. The van der Waals surface area contributed by atoms with Crippen LogP contribution in [0.2, 0.25) is 0 Å². The Balaban J connectivity index is 1.72. The van der Waals surface area contributed by atoms with Crippen molar-refractivity contribution in [2.75, 3.05) is 12.4 Å². The third-order valence-corrected chi connectivity index (χ3v) is 5.34. The number of fused-ring (bicyclic) bond motifs is 1. The van der Waals surface area contributed by atoms with Crippen LogP contribution >= 0.6 is 0 Å². The number of hydrogen-bond acceptors (Lipinski definition) is 6. The second kappa shape index (κ2) is 9.35. The van der Waals surface area contributed by atoms with E-state index in [1.54, 1.807) is 18.2 Å². The molecular weight excluding hydrogens is 420 g/mol. The van der Waals surface area contributed by atoms with Crippen molar-refractivity contribution in [3.8, 4) is 5.75 Å². The molecule has 0 saturated carbocycles. The Bertz CT molecular complexity index is 1270. The van der Waals surface area contributed by atoms with Gasteiger partial charge in [-0.05, 0) is 41.5 Å². The average Bonchev–Trinajstić information content (AvgIpc) is 2.83. The van der Waals surface area contributed by atoms with Gasteiger partial charge in [0.05, 0.1) is 12.7 Å². The lowest BCUT2D eigenvalue weighted by Crippen LogP contribution is -2.23. The maximum Gasteiger partial charge on any atom is 0.255 e. The van der Waals surface area contributed by atoms with E-state index in [9.17, 15) is 14.7 Å². The minimum Gasteiger partial charge on any atom is -0.509 e. The fraction of sp³-hybridized carbons (Fsp3) is 0.120. The Morgan fingerprint density at radius 3 is 2.52 bits per heavy atom. The van der Waals surface area contributed by atoms with Gasteiger partial charge in [0.25, 0.3) is 5.91 Å². The molecule has 33 heavy (non-hydrogen) atoms. The van der Waals surface area contributed by atoms with E-state index in [4.69, 9.17) is 10.5 Å². The first kappa shape index (κ1) is 21.8. The second-order valence-electron chi connectivity index (χ2n) is 7.43. The SMILES string of the molecule is COc1ccc(C(N)=O)cc1N=NC1C(O)=C(C(=O)Nc2ccccc2)Cc2ccccc21. The first-order chi connectivity index (χ1) is 16.0. The first-order valence-corrected chi connectivity index (χ1v) is 10.2. The molecule has 2 amide bonds. The molecule has 8 heteroatoms. The highest BCUT2D eigenvalue weighted by atomic mass is 16.5. The average molecular weight is 442 g/mol. The van der Waals surface area contributed by atoms with Gasteiger partial charge in [-0.2, -0.15) is 10.2 Å². The molecule has 4 rings (SSSR count). The third-order valence-electron chi connectivity index (χ3n) is 5.34. The lowest BCUT2D eigenvalue weighted by molar-refractivity contribution is -0.113. The lowest BCUT2D eigenvalue weighted by atomic mass is 9.86. The number of ether oxygens (including phenoxy) is 1. The number of nitrogens with two attached hydrogens (primary N) is 1. The van der Waals surface area contributed by atoms with Gasteiger partial charge < -0.3 is 20.9 Å². The van der Waals surface area contributed by atoms with Crippen LogP contribution in [0.3, 0.4) is 0 Å². The molecule has 4 N–H and O–H groups in total. The maximum absolute atomic E-state index is 13.0. The van der Waals surface area contributed by atoms with Gasteiger partial charge in [0, 0.05) is 17.7 Å². The fourth-order valence-corrected chi connectivity index (χ4v) is 3.64. The Morgan fingerprint density at radius 1 is 1.06 bits per heavy atom. The molecule has 0 bridgehead atoms. The minimum absolute atomic E-state index is 0.184. The highest BCUT2D eigenvalue weighted by Gasteiger charge is 2.31. The Morgan fingerprint density at radius 2 is 1.79 bits per heavy atom. The van der Waals surface area contributed by atoms with Crippen LogP contribution in [0, 0.1) is 0 Å². The summed E-state index contributed by atoms with van der Waals surface area (Å²) in [5, 5.41) is 22.4. The monoisotopic (exact) mass is 442 g/mol.